The van der Waals surface area contributed by atoms with Crippen LogP contribution in [0.4, 0.5) is 20.2 Å². The molecule has 4 aromatic rings. The van der Waals surface area contributed by atoms with Gasteiger partial charge < -0.3 is 24.3 Å². The van der Waals surface area contributed by atoms with Crippen molar-refractivity contribution >= 4 is 45.6 Å². The quantitative estimate of drug-likeness (QED) is 0.237. The molecule has 0 bridgehead atoms. The van der Waals surface area contributed by atoms with Crippen LogP contribution in [0.3, 0.4) is 0 Å². The molecule has 2 atom stereocenters. The number of halogens is 3. The molecule has 5 heterocycles. The highest BCUT2D eigenvalue weighted by Crippen LogP contribution is 2.40. The molecule has 7 rings (SSSR count). The summed E-state index contributed by atoms with van der Waals surface area (Å²) < 4.78 is 45.1. The number of fused-ring (bicyclic) bond motifs is 1. The number of anilines is 2. The molecule has 3 aliphatic heterocycles. The average Bonchev–Trinajstić information content (AvgIpc) is 3.14. The zero-order valence-corrected chi connectivity index (χ0v) is 30.6. The summed E-state index contributed by atoms with van der Waals surface area (Å²) in [6.07, 6.45) is 5.92. The molecule has 12 nitrogen and oxygen atoms in total. The van der Waals surface area contributed by atoms with E-state index in [1.54, 1.807) is 56.9 Å². The molecule has 3 aliphatic rings. The monoisotopic (exact) mass is 749 g/mol. The summed E-state index contributed by atoms with van der Waals surface area (Å²) in [5.74, 6) is -2.57. The third-order valence-electron chi connectivity index (χ3n) is 10.5. The van der Waals surface area contributed by atoms with Crippen LogP contribution in [-0.2, 0) is 23.2 Å². The van der Waals surface area contributed by atoms with E-state index < -0.39 is 24.6 Å². The van der Waals surface area contributed by atoms with Crippen molar-refractivity contribution in [1.82, 2.24) is 24.7 Å². The highest BCUT2D eigenvalue weighted by atomic mass is 35.5. The minimum atomic E-state index is -2.95. The Hall–Kier alpha value is -4.79. The van der Waals surface area contributed by atoms with Gasteiger partial charge in [0.1, 0.15) is 17.5 Å². The van der Waals surface area contributed by atoms with Crippen molar-refractivity contribution in [1.29, 1.82) is 0 Å². The Balaban J connectivity index is 0.999. The van der Waals surface area contributed by atoms with Crippen molar-refractivity contribution in [2.45, 2.75) is 43.8 Å². The summed E-state index contributed by atoms with van der Waals surface area (Å²) in [5, 5.41) is 7.20. The van der Waals surface area contributed by atoms with Gasteiger partial charge in [0.15, 0.2) is 0 Å². The lowest BCUT2D eigenvalue weighted by Crippen LogP contribution is -2.61. The Morgan fingerprint density at radius 1 is 0.981 bits per heavy atom. The molecule has 2 unspecified atom stereocenters. The van der Waals surface area contributed by atoms with Crippen LogP contribution < -0.4 is 30.6 Å². The highest BCUT2D eigenvalue weighted by molar-refractivity contribution is 6.33. The van der Waals surface area contributed by atoms with Gasteiger partial charge in [-0.15, -0.1) is 0 Å². The van der Waals surface area contributed by atoms with E-state index in [1.165, 1.54) is 4.57 Å². The molecule has 2 N–H and O–H groups in total. The van der Waals surface area contributed by atoms with E-state index in [4.69, 9.17) is 21.1 Å². The SMILES string of the molecule is COc1cc(-c2cn(C)c(=O)c3cnccc23)cc(OC)c1CN1CCC(N2CCN(c3ccc(NC4CCC(=O)NC4=O)cc3Cl)CC2)C(F)(F)C1. The lowest BCUT2D eigenvalue weighted by atomic mass is 9.96. The fourth-order valence-corrected chi connectivity index (χ4v) is 8.10. The number of benzene rings is 2. The number of likely N-dealkylation sites (tertiary alicyclic amines) is 1. The molecular weight excluding hydrogens is 708 g/mol. The number of rotatable bonds is 9. The molecule has 0 aliphatic carbocycles. The molecule has 53 heavy (non-hydrogen) atoms. The predicted octanol–water partition coefficient (Wildman–Crippen LogP) is 4.52. The molecule has 0 radical (unpaired) electrons. The van der Waals surface area contributed by atoms with E-state index >= 15 is 8.78 Å². The van der Waals surface area contributed by atoms with Crippen molar-refractivity contribution in [3.05, 3.63) is 75.9 Å². The van der Waals surface area contributed by atoms with Crippen LogP contribution in [0.2, 0.25) is 5.02 Å². The lowest BCUT2D eigenvalue weighted by molar-refractivity contribution is -0.133. The van der Waals surface area contributed by atoms with E-state index in [2.05, 4.69) is 20.5 Å². The summed E-state index contributed by atoms with van der Waals surface area (Å²) in [6.45, 7) is 2.29. The molecule has 2 aromatic carbocycles. The number of alkyl halides is 2. The number of nitrogens with one attached hydrogen (secondary N) is 2. The zero-order valence-electron chi connectivity index (χ0n) is 29.8. The van der Waals surface area contributed by atoms with Crippen LogP contribution in [0.5, 0.6) is 11.5 Å². The third kappa shape index (κ3) is 7.40. The number of piperazine rings is 1. The van der Waals surface area contributed by atoms with E-state index in [9.17, 15) is 14.4 Å². The standard InChI is InChI=1S/C38H42ClF2N7O5/c1-45-20-27(25-8-10-42-19-26(25)37(45)51)23-16-32(52-2)28(33(17-23)53-3)21-46-11-9-34(38(40,41)22-46)48-14-12-47(13-15-48)31-6-4-24(18-29(31)39)43-30-5-7-35(49)44-36(30)50/h4,6,8,10,16-20,30,34,43H,5,7,9,11-15,21-22H2,1-3H3,(H,44,49,50). The fourth-order valence-electron chi connectivity index (χ4n) is 7.80. The van der Waals surface area contributed by atoms with E-state index in [0.29, 0.717) is 78.7 Å². The van der Waals surface area contributed by atoms with Gasteiger partial charge in [-0.1, -0.05) is 11.6 Å². The van der Waals surface area contributed by atoms with Gasteiger partial charge in [0.05, 0.1) is 48.5 Å². The number of ether oxygens (including phenoxy) is 2. The Morgan fingerprint density at radius 2 is 1.72 bits per heavy atom. The van der Waals surface area contributed by atoms with Crippen LogP contribution in [0.25, 0.3) is 21.9 Å². The summed E-state index contributed by atoms with van der Waals surface area (Å²) in [6, 6.07) is 9.55. The minimum absolute atomic E-state index is 0.157. The van der Waals surface area contributed by atoms with Gasteiger partial charge >= 0.3 is 0 Å². The van der Waals surface area contributed by atoms with Crippen molar-refractivity contribution in [2.75, 3.05) is 63.7 Å². The smallest absolute Gasteiger partial charge is 0.275 e. The number of carbonyl (C=O) groups excluding carboxylic acids is 2. The summed E-state index contributed by atoms with van der Waals surface area (Å²) in [7, 11) is 4.78. The number of aryl methyl sites for hydroxylation is 1. The second-order valence-corrected chi connectivity index (χ2v) is 14.3. The molecule has 0 spiro atoms. The first-order chi connectivity index (χ1) is 25.4. The Labute approximate surface area is 310 Å². The Morgan fingerprint density at radius 3 is 2.38 bits per heavy atom. The number of amides is 2. The fraction of sp³-hybridized carbons (Fsp3) is 0.421. The molecule has 3 saturated heterocycles. The molecule has 280 valence electrons. The van der Waals surface area contributed by atoms with Crippen molar-refractivity contribution in [2.24, 2.45) is 7.05 Å². The predicted molar refractivity (Wildman–Crippen MR) is 199 cm³/mol. The Kier molecular flexibility index (Phi) is 10.3. The van der Waals surface area contributed by atoms with Crippen LogP contribution in [0.1, 0.15) is 24.8 Å². The number of hydrogen-bond donors (Lipinski definition) is 2. The summed E-state index contributed by atoms with van der Waals surface area (Å²) in [4.78, 5) is 46.2. The first-order valence-electron chi connectivity index (χ1n) is 17.6. The van der Waals surface area contributed by atoms with Crippen LogP contribution in [-0.4, -0.2) is 103 Å². The molecule has 0 saturated carbocycles. The number of methoxy groups -OCH3 is 2. The topological polar surface area (TPSA) is 121 Å². The van der Waals surface area contributed by atoms with Gasteiger partial charge in [0.25, 0.3) is 11.5 Å². The molecule has 3 fully saturated rings. The lowest BCUT2D eigenvalue weighted by Gasteiger charge is -2.47. The molecule has 2 amide bonds. The highest BCUT2D eigenvalue weighted by Gasteiger charge is 2.48. The minimum Gasteiger partial charge on any atom is -0.496 e. The van der Waals surface area contributed by atoms with Crippen LogP contribution >= 0.6 is 11.6 Å². The second kappa shape index (κ2) is 14.9. The Bertz CT molecular complexity index is 2080. The van der Waals surface area contributed by atoms with Gasteiger partial charge in [0.2, 0.25) is 11.8 Å². The molecular formula is C38H42ClF2N7O5. The van der Waals surface area contributed by atoms with Gasteiger partial charge in [-0.05, 0) is 60.2 Å². The van der Waals surface area contributed by atoms with Crippen molar-refractivity contribution < 1.29 is 27.8 Å². The summed E-state index contributed by atoms with van der Waals surface area (Å²) in [5.41, 5.74) is 3.54. The number of pyridine rings is 2. The van der Waals surface area contributed by atoms with Gasteiger partial charge in [-0.2, -0.15) is 0 Å². The van der Waals surface area contributed by atoms with E-state index in [-0.39, 0.29) is 30.3 Å². The van der Waals surface area contributed by atoms with E-state index in [0.717, 1.165) is 22.2 Å². The normalized spacial score (nSPS) is 21.1. The maximum absolute atomic E-state index is 16.0. The number of hydrogen-bond acceptors (Lipinski definition) is 10. The summed E-state index contributed by atoms with van der Waals surface area (Å²) >= 11 is 6.66. The zero-order chi connectivity index (χ0) is 37.4. The maximum Gasteiger partial charge on any atom is 0.275 e. The maximum atomic E-state index is 16.0. The van der Waals surface area contributed by atoms with Crippen molar-refractivity contribution in [3.63, 3.8) is 0 Å². The third-order valence-corrected chi connectivity index (χ3v) is 10.9. The largest absolute Gasteiger partial charge is 0.496 e. The average molecular weight is 750 g/mol. The van der Waals surface area contributed by atoms with Crippen LogP contribution in [0.15, 0.2) is 59.8 Å². The first kappa shape index (κ1) is 36.6. The molecule has 15 heteroatoms. The first-order valence-corrected chi connectivity index (χ1v) is 18.0. The number of aromatic nitrogens is 2. The number of nitrogens with zero attached hydrogens (tertiary/aromatic N) is 5. The van der Waals surface area contributed by atoms with Crippen LogP contribution in [0, 0.1) is 0 Å². The van der Waals surface area contributed by atoms with Crippen molar-refractivity contribution in [3.8, 4) is 22.6 Å². The number of imide groups is 1. The van der Waals surface area contributed by atoms with Gasteiger partial charge in [0, 0.05) is 82.6 Å². The van der Waals surface area contributed by atoms with Gasteiger partial charge in [-0.25, -0.2) is 8.78 Å². The number of piperidine rings is 2. The van der Waals surface area contributed by atoms with E-state index in [1.807, 2.05) is 29.2 Å². The molecule has 2 aromatic heterocycles. The second-order valence-electron chi connectivity index (χ2n) is 13.9. The number of carbonyl (C=O) groups is 2. The van der Waals surface area contributed by atoms with Gasteiger partial charge in [-0.3, -0.25) is 34.5 Å².